The van der Waals surface area contributed by atoms with Crippen LogP contribution in [0, 0.1) is 35.9 Å². The Morgan fingerprint density at radius 1 is 1.32 bits per heavy atom. The molecule has 4 heteroatoms. The van der Waals surface area contributed by atoms with Crippen molar-refractivity contribution < 1.29 is 18.7 Å². The van der Waals surface area contributed by atoms with Crippen LogP contribution in [0.2, 0.25) is 0 Å². The van der Waals surface area contributed by atoms with Gasteiger partial charge in [-0.3, -0.25) is 4.79 Å². The van der Waals surface area contributed by atoms with Gasteiger partial charge in [-0.05, 0) is 19.1 Å². The molecular weight excluding hydrogens is 283 g/mol. The quantitative estimate of drug-likeness (QED) is 0.805. The van der Waals surface area contributed by atoms with E-state index < -0.39 is 11.7 Å². The first kappa shape index (κ1) is 15.7. The molecule has 112 valence electrons. The number of hydrogen-bond donors (Lipinski definition) is 0. The number of carbonyl (C=O) groups is 1. The van der Waals surface area contributed by atoms with E-state index in [-0.39, 0.29) is 29.1 Å². The second kappa shape index (κ2) is 6.37. The van der Waals surface area contributed by atoms with Crippen molar-refractivity contribution in [2.45, 2.75) is 13.3 Å². The lowest BCUT2D eigenvalue weighted by Gasteiger charge is -2.12. The summed E-state index contributed by atoms with van der Waals surface area (Å²) in [7, 11) is 2.84. The predicted octanol–water partition coefficient (Wildman–Crippen LogP) is 2.79. The summed E-state index contributed by atoms with van der Waals surface area (Å²) in [4.78, 5) is 12.4. The van der Waals surface area contributed by atoms with Crippen LogP contribution in [0.25, 0.3) is 5.57 Å². The third-order valence-corrected chi connectivity index (χ3v) is 3.47. The maximum atomic E-state index is 14.5. The van der Waals surface area contributed by atoms with Crippen LogP contribution in [0.5, 0.6) is 5.75 Å². The highest BCUT2D eigenvalue weighted by atomic mass is 19.1. The molecule has 0 saturated heterocycles. The summed E-state index contributed by atoms with van der Waals surface area (Å²) in [5.41, 5.74) is 0.693. The number of allylic oxidation sites excluding steroid dienone is 2. The van der Waals surface area contributed by atoms with Gasteiger partial charge in [-0.15, -0.1) is 12.3 Å². The van der Waals surface area contributed by atoms with Gasteiger partial charge in [-0.25, -0.2) is 4.39 Å². The van der Waals surface area contributed by atoms with Crippen LogP contribution in [-0.2, 0) is 9.53 Å². The molecule has 1 unspecified atom stereocenters. The summed E-state index contributed by atoms with van der Waals surface area (Å²) in [6, 6.07) is 2.86. The largest absolute Gasteiger partial charge is 0.500 e. The predicted molar refractivity (Wildman–Crippen MR) is 81.4 cm³/mol. The number of benzene rings is 1. The number of rotatable bonds is 3. The Kier molecular flexibility index (Phi) is 4.53. The van der Waals surface area contributed by atoms with E-state index in [4.69, 9.17) is 15.9 Å². The number of carbonyl (C=O) groups excluding carboxylic acids is 1. The summed E-state index contributed by atoms with van der Waals surface area (Å²) in [5, 5.41) is 0. The molecule has 0 spiro atoms. The van der Waals surface area contributed by atoms with E-state index in [0.717, 1.165) is 0 Å². The van der Waals surface area contributed by atoms with Crippen molar-refractivity contribution in [3.8, 4) is 29.9 Å². The normalized spacial score (nSPS) is 16.9. The standard InChI is InChI=1S/C18H15FO3/c1-5-7-11-8-13(19)16(14(9-11)21-3)17-15(22-4)10-12(6-2)18(17)20/h2,8-9,12H,10H2,1,3-4H3. The lowest BCUT2D eigenvalue weighted by molar-refractivity contribution is -0.115. The minimum atomic E-state index is -0.635. The zero-order valence-electron chi connectivity index (χ0n) is 12.6. The molecule has 0 aliphatic heterocycles. The van der Waals surface area contributed by atoms with Gasteiger partial charge in [0.25, 0.3) is 0 Å². The van der Waals surface area contributed by atoms with Gasteiger partial charge in [0.1, 0.15) is 17.3 Å². The molecule has 0 saturated carbocycles. The monoisotopic (exact) mass is 298 g/mol. The Morgan fingerprint density at radius 3 is 2.59 bits per heavy atom. The highest BCUT2D eigenvalue weighted by Gasteiger charge is 2.36. The zero-order chi connectivity index (χ0) is 16.3. The maximum Gasteiger partial charge on any atom is 0.182 e. The Morgan fingerprint density at radius 2 is 2.05 bits per heavy atom. The summed E-state index contributed by atoms with van der Waals surface area (Å²) in [5.74, 6) is 6.92. The van der Waals surface area contributed by atoms with E-state index >= 15 is 0 Å². The van der Waals surface area contributed by atoms with Crippen molar-refractivity contribution in [2.24, 2.45) is 5.92 Å². The Hall–Kier alpha value is -2.72. The fourth-order valence-corrected chi connectivity index (χ4v) is 2.48. The van der Waals surface area contributed by atoms with E-state index in [0.29, 0.717) is 11.3 Å². The Labute approximate surface area is 129 Å². The molecule has 0 bridgehead atoms. The van der Waals surface area contributed by atoms with Crippen LogP contribution in [0.15, 0.2) is 17.9 Å². The highest BCUT2D eigenvalue weighted by Crippen LogP contribution is 2.40. The topological polar surface area (TPSA) is 35.5 Å². The minimum Gasteiger partial charge on any atom is -0.500 e. The van der Waals surface area contributed by atoms with Crippen molar-refractivity contribution in [1.82, 2.24) is 0 Å². The summed E-state index contributed by atoms with van der Waals surface area (Å²) in [6.07, 6.45) is 5.62. The molecule has 2 rings (SSSR count). The molecule has 0 radical (unpaired) electrons. The second-order valence-corrected chi connectivity index (χ2v) is 4.70. The molecule has 0 heterocycles. The summed E-state index contributed by atoms with van der Waals surface area (Å²) >= 11 is 0. The third kappa shape index (κ3) is 2.56. The number of ketones is 1. The molecule has 1 atom stereocenters. The first-order valence-corrected chi connectivity index (χ1v) is 6.65. The molecule has 0 aromatic heterocycles. The SMILES string of the molecule is C#CC1CC(OC)=C(c2c(F)cc(C#CC)cc2OC)C1=O. The first-order chi connectivity index (χ1) is 10.6. The average Bonchev–Trinajstić information content (AvgIpc) is 2.83. The second-order valence-electron chi connectivity index (χ2n) is 4.70. The van der Waals surface area contributed by atoms with Crippen LogP contribution < -0.4 is 4.74 Å². The van der Waals surface area contributed by atoms with Crippen LogP contribution in [-0.4, -0.2) is 20.0 Å². The van der Waals surface area contributed by atoms with Gasteiger partial charge in [-0.1, -0.05) is 11.8 Å². The van der Waals surface area contributed by atoms with Gasteiger partial charge in [-0.2, -0.15) is 0 Å². The summed E-state index contributed by atoms with van der Waals surface area (Å²) < 4.78 is 25.0. The molecular formula is C18H15FO3. The van der Waals surface area contributed by atoms with Crippen molar-refractivity contribution in [2.75, 3.05) is 14.2 Å². The van der Waals surface area contributed by atoms with E-state index in [9.17, 15) is 9.18 Å². The lowest BCUT2D eigenvalue weighted by atomic mass is 9.97. The van der Waals surface area contributed by atoms with Gasteiger partial charge in [0.05, 0.1) is 31.3 Å². The van der Waals surface area contributed by atoms with Crippen LogP contribution >= 0.6 is 0 Å². The molecule has 1 aliphatic carbocycles. The van der Waals surface area contributed by atoms with Crippen LogP contribution in [0.4, 0.5) is 4.39 Å². The van der Waals surface area contributed by atoms with Crippen LogP contribution in [0.3, 0.4) is 0 Å². The van der Waals surface area contributed by atoms with Crippen molar-refractivity contribution in [3.05, 3.63) is 34.8 Å². The van der Waals surface area contributed by atoms with Gasteiger partial charge < -0.3 is 9.47 Å². The van der Waals surface area contributed by atoms with E-state index in [2.05, 4.69) is 17.8 Å². The van der Waals surface area contributed by atoms with Gasteiger partial charge in [0.2, 0.25) is 0 Å². The van der Waals surface area contributed by atoms with Crippen molar-refractivity contribution >= 4 is 11.4 Å². The number of terminal acetylenes is 1. The van der Waals surface area contributed by atoms with Gasteiger partial charge in [0.15, 0.2) is 5.78 Å². The Balaban J connectivity index is 2.68. The molecule has 0 N–H and O–H groups in total. The van der Waals surface area contributed by atoms with E-state index in [1.165, 1.54) is 20.3 Å². The Bertz CT molecular complexity index is 757. The maximum absolute atomic E-state index is 14.5. The van der Waals surface area contributed by atoms with Gasteiger partial charge in [0, 0.05) is 12.0 Å². The third-order valence-electron chi connectivity index (χ3n) is 3.47. The number of halogens is 1. The number of ether oxygens (including phenoxy) is 2. The first-order valence-electron chi connectivity index (χ1n) is 6.65. The molecule has 0 fully saturated rings. The van der Waals surface area contributed by atoms with Crippen molar-refractivity contribution in [3.63, 3.8) is 0 Å². The average molecular weight is 298 g/mol. The van der Waals surface area contributed by atoms with E-state index in [1.807, 2.05) is 0 Å². The fourth-order valence-electron chi connectivity index (χ4n) is 2.48. The highest BCUT2D eigenvalue weighted by molar-refractivity contribution is 6.26. The molecule has 22 heavy (non-hydrogen) atoms. The molecule has 3 nitrogen and oxygen atoms in total. The summed E-state index contributed by atoms with van der Waals surface area (Å²) in [6.45, 7) is 1.65. The molecule has 1 aliphatic rings. The van der Waals surface area contributed by atoms with E-state index in [1.54, 1.807) is 13.0 Å². The molecule has 0 amide bonds. The zero-order valence-corrected chi connectivity index (χ0v) is 12.6. The number of methoxy groups -OCH3 is 2. The lowest BCUT2D eigenvalue weighted by Crippen LogP contribution is -2.09. The van der Waals surface area contributed by atoms with Gasteiger partial charge >= 0.3 is 0 Å². The number of Topliss-reactive ketones (excluding diaryl/α,β-unsaturated/α-hetero) is 1. The smallest absolute Gasteiger partial charge is 0.182 e. The molecule has 1 aromatic rings. The molecule has 1 aromatic carbocycles. The minimum absolute atomic E-state index is 0.0729. The fraction of sp³-hybridized carbons (Fsp3) is 0.278. The number of hydrogen-bond acceptors (Lipinski definition) is 3. The van der Waals surface area contributed by atoms with Crippen LogP contribution in [0.1, 0.15) is 24.5 Å². The van der Waals surface area contributed by atoms with Crippen molar-refractivity contribution in [1.29, 1.82) is 0 Å².